The first kappa shape index (κ1) is 36.4. The molecule has 0 saturated carbocycles. The van der Waals surface area contributed by atoms with E-state index in [0.29, 0.717) is 0 Å². The van der Waals surface area contributed by atoms with E-state index in [0.717, 1.165) is 66.2 Å². The third kappa shape index (κ3) is 11.7. The van der Waals surface area contributed by atoms with E-state index in [1.54, 1.807) is 4.70 Å². The van der Waals surface area contributed by atoms with Crippen molar-refractivity contribution in [2.24, 2.45) is 0 Å². The molecule has 3 heteroatoms. The van der Waals surface area contributed by atoms with Crippen LogP contribution in [-0.4, -0.2) is 4.70 Å². The summed E-state index contributed by atoms with van der Waals surface area (Å²) in [5, 5.41) is 0. The van der Waals surface area contributed by atoms with Crippen LogP contribution in [0.25, 0.3) is 16.9 Å². The fourth-order valence-corrected chi connectivity index (χ4v) is 6.49. The molecular weight excluding hydrogens is 603 g/mol. The third-order valence-corrected chi connectivity index (χ3v) is 9.61. The molecule has 2 aromatic rings. The second-order valence-electron chi connectivity index (χ2n) is 11.4. The minimum atomic E-state index is 1.01. The molecule has 1 heterocycles. The first-order chi connectivity index (χ1) is 20.6. The van der Waals surface area contributed by atoms with Gasteiger partial charge in [-0.15, -0.1) is 0 Å². The molecule has 0 radical (unpaired) electrons. The molecule has 1 aliphatic rings. The van der Waals surface area contributed by atoms with Gasteiger partial charge in [0.1, 0.15) is 0 Å². The Morgan fingerprint density at radius 2 is 1.02 bits per heavy atom. The molecule has 0 saturated heterocycles. The van der Waals surface area contributed by atoms with E-state index in [1.165, 1.54) is 103 Å². The van der Waals surface area contributed by atoms with E-state index in [-0.39, 0.29) is 0 Å². The van der Waals surface area contributed by atoms with Gasteiger partial charge in [-0.2, -0.15) is 0 Å². The number of benzene rings is 2. The Morgan fingerprint density at radius 1 is 0.524 bits per heavy atom. The molecule has 0 unspecified atom stereocenters. The summed E-state index contributed by atoms with van der Waals surface area (Å²) < 4.78 is 1.55. The Labute approximate surface area is 268 Å². The Kier molecular flexibility index (Phi) is 18.9. The van der Waals surface area contributed by atoms with Gasteiger partial charge in [-0.25, -0.2) is 4.70 Å². The van der Waals surface area contributed by atoms with Crippen LogP contribution < -0.4 is 0 Å². The normalized spacial score (nSPS) is 13.2. The van der Waals surface area contributed by atoms with Crippen LogP contribution in [-0.2, 0) is 30.8 Å². The fourth-order valence-electron chi connectivity index (χ4n) is 5.71. The molecule has 2 nitrogen and oxygen atoms in total. The van der Waals surface area contributed by atoms with E-state index in [2.05, 4.69) is 90.1 Å². The van der Waals surface area contributed by atoms with Crippen LogP contribution in [0.5, 0.6) is 0 Å². The summed E-state index contributed by atoms with van der Waals surface area (Å²) in [7, 11) is 0. The van der Waals surface area contributed by atoms with Gasteiger partial charge in [0.15, 0.2) is 0 Å². The molecule has 0 aliphatic carbocycles. The van der Waals surface area contributed by atoms with Crippen molar-refractivity contribution < 1.29 is 22.7 Å². The molecule has 0 bridgehead atoms. The molecular formula is C39H60N2Pd. The van der Waals surface area contributed by atoms with Crippen LogP contribution in [0, 0.1) is 0 Å². The average Bonchev–Trinajstić information content (AvgIpc) is 3.28. The van der Waals surface area contributed by atoms with E-state index >= 15 is 0 Å². The molecule has 2 aromatic carbocycles. The van der Waals surface area contributed by atoms with Crippen molar-refractivity contribution >= 4 is 11.4 Å². The summed E-state index contributed by atoms with van der Waals surface area (Å²) >= 11 is 1.04. The van der Waals surface area contributed by atoms with Crippen LogP contribution in [0.1, 0.15) is 147 Å². The summed E-state index contributed by atoms with van der Waals surface area (Å²) in [4.78, 5) is 2.79. The van der Waals surface area contributed by atoms with Crippen molar-refractivity contribution in [2.45, 2.75) is 148 Å². The van der Waals surface area contributed by atoms with Gasteiger partial charge in [0, 0.05) is 22.3 Å². The molecule has 0 spiro atoms. The Balaban J connectivity index is 0.00000113. The summed E-state index contributed by atoms with van der Waals surface area (Å²) in [5.41, 5.74) is 21.6. The van der Waals surface area contributed by atoms with Gasteiger partial charge in [0.2, 0.25) is 11.4 Å². The van der Waals surface area contributed by atoms with Gasteiger partial charge in [0.25, 0.3) is 0 Å². The van der Waals surface area contributed by atoms with Crippen molar-refractivity contribution in [1.29, 1.82) is 0 Å². The summed E-state index contributed by atoms with van der Waals surface area (Å²) in [5.74, 6) is 0. The number of aryl methyl sites for hydroxylation is 2. The topological polar surface area (TPSA) is 25.3 Å². The number of hydrogen-bond acceptors (Lipinski definition) is 0. The van der Waals surface area contributed by atoms with Crippen LogP contribution >= 0.6 is 0 Å². The first-order valence-electron chi connectivity index (χ1n) is 17.1. The quantitative estimate of drug-likeness (QED) is 0.0812. The zero-order chi connectivity index (χ0) is 30.6. The molecule has 0 amide bonds. The van der Waals surface area contributed by atoms with Crippen molar-refractivity contribution in [3.8, 4) is 0 Å². The number of hydrogen-bond donors (Lipinski definition) is 0. The molecule has 0 fully saturated rings. The Hall–Kier alpha value is -1.82. The number of allylic oxidation sites excluding steroid dienone is 2. The molecule has 1 aliphatic heterocycles. The maximum atomic E-state index is 11.8. The van der Waals surface area contributed by atoms with E-state index < -0.39 is 0 Å². The zero-order valence-corrected chi connectivity index (χ0v) is 29.4. The van der Waals surface area contributed by atoms with Gasteiger partial charge in [-0.1, -0.05) is 96.9 Å². The van der Waals surface area contributed by atoms with Crippen molar-refractivity contribution in [2.75, 3.05) is 0 Å². The molecule has 42 heavy (non-hydrogen) atoms. The van der Waals surface area contributed by atoms with Crippen LogP contribution in [0.3, 0.4) is 0 Å². The maximum absolute atomic E-state index is 11.8. The standard InChI is InChI=1S/C35H50N2.2C2H5.Pd/c1-5-9-13-18-28-23-25-30(26-24-28)34-32(21-14-10-6-2)33(22-15-11-7-3)35(37(34)36)31-20-16-19-29(27-31)17-12-8-4;2*1-2;/h16,19-20,23-27H,5-15,17-18,21-22H2,1-4H3;2*1H2,2H3;. The van der Waals surface area contributed by atoms with Crippen molar-refractivity contribution in [1.82, 2.24) is 0 Å². The molecule has 236 valence electrons. The molecule has 0 aromatic heterocycles. The fraction of sp³-hybridized carbons (Fsp3) is 0.590. The van der Waals surface area contributed by atoms with Gasteiger partial charge < -0.3 is 5.53 Å². The molecule has 0 N–H and O–H groups in total. The van der Waals surface area contributed by atoms with E-state index in [4.69, 9.17) is 0 Å². The second-order valence-corrected chi connectivity index (χ2v) is 14.4. The first-order valence-corrected chi connectivity index (χ1v) is 19.3. The van der Waals surface area contributed by atoms with Gasteiger partial charge in [-0.05, 0) is 86.8 Å². The van der Waals surface area contributed by atoms with Gasteiger partial charge in [0.05, 0.1) is 0 Å². The van der Waals surface area contributed by atoms with Crippen LogP contribution in [0.2, 0.25) is 9.79 Å². The minimum absolute atomic E-state index is 1.01. The average molecular weight is 663 g/mol. The Bertz CT molecular complexity index is 1110. The predicted octanol–water partition coefficient (Wildman–Crippen LogP) is 13.0. The Morgan fingerprint density at radius 3 is 1.52 bits per heavy atom. The summed E-state index contributed by atoms with van der Waals surface area (Å²) in [6.45, 7) is 13.5. The van der Waals surface area contributed by atoms with Crippen molar-refractivity contribution in [3.63, 3.8) is 0 Å². The monoisotopic (exact) mass is 662 g/mol. The van der Waals surface area contributed by atoms with Gasteiger partial charge >= 0.3 is 41.6 Å². The summed E-state index contributed by atoms with van der Waals surface area (Å²) in [6.07, 6.45) is 17.7. The zero-order valence-electron chi connectivity index (χ0n) is 27.9. The third-order valence-electron chi connectivity index (χ3n) is 8.05. The number of rotatable bonds is 19. The summed E-state index contributed by atoms with van der Waals surface area (Å²) in [6, 6.07) is 17.9. The molecule has 0 atom stereocenters. The molecule has 3 rings (SSSR count). The number of unbranched alkanes of at least 4 members (excludes halogenated alkanes) is 7. The second kappa shape index (κ2) is 21.8. The van der Waals surface area contributed by atoms with Crippen molar-refractivity contribution in [3.05, 3.63) is 87.5 Å². The SMILES string of the molecule is CCCCCC1=C(c2ccc(CCCCC)cc2)[N+](=[N-])C(c2cccc(CCCC)c2)=C1CCCCC.C[CH2][Pd][CH2]C. The predicted molar refractivity (Wildman–Crippen MR) is 181 cm³/mol. The van der Waals surface area contributed by atoms with E-state index in [9.17, 15) is 5.53 Å². The number of nitrogens with zero attached hydrogens (tertiary/aromatic N) is 2. The van der Waals surface area contributed by atoms with Crippen LogP contribution in [0.4, 0.5) is 0 Å². The van der Waals surface area contributed by atoms with Gasteiger partial charge in [-0.3, -0.25) is 0 Å². The van der Waals surface area contributed by atoms with Crippen LogP contribution in [0.15, 0.2) is 59.7 Å². The van der Waals surface area contributed by atoms with E-state index in [1.807, 2.05) is 0 Å².